The zero-order chi connectivity index (χ0) is 18.8. The van der Waals surface area contributed by atoms with Crippen molar-refractivity contribution in [2.24, 2.45) is 11.8 Å². The van der Waals surface area contributed by atoms with Crippen LogP contribution in [-0.2, 0) is 0 Å². The molecule has 0 aliphatic carbocycles. The minimum Gasteiger partial charge on any atom is -0.0845 e. The lowest BCUT2D eigenvalue weighted by Crippen LogP contribution is -1.90. The molecule has 0 rings (SSSR count). The van der Waals surface area contributed by atoms with Crippen LogP contribution in [0.25, 0.3) is 0 Å². The molecule has 0 aliphatic rings. The molecule has 0 bridgehead atoms. The predicted molar refractivity (Wildman–Crippen MR) is 115 cm³/mol. The maximum absolute atomic E-state index is 2.36. The van der Waals surface area contributed by atoms with E-state index in [0.717, 1.165) is 12.8 Å². The molecule has 0 aromatic carbocycles. The normalized spacial score (nSPS) is 13.2. The van der Waals surface area contributed by atoms with Gasteiger partial charge >= 0.3 is 0 Å². The maximum atomic E-state index is 2.36. The average molecular weight is 333 g/mol. The van der Waals surface area contributed by atoms with Crippen LogP contribution < -0.4 is 0 Å². The molecule has 0 amide bonds. The fourth-order valence-corrected chi connectivity index (χ4v) is 2.12. The highest BCUT2D eigenvalue weighted by molar-refractivity contribution is 5.21. The summed E-state index contributed by atoms with van der Waals surface area (Å²) in [5.74, 6) is 1.33. The Morgan fingerprint density at radius 3 is 1.17 bits per heavy atom. The summed E-state index contributed by atoms with van der Waals surface area (Å²) >= 11 is 0. The molecule has 24 heavy (non-hydrogen) atoms. The molecule has 0 heteroatoms. The minimum atomic E-state index is 0.666. The molecule has 140 valence electrons. The van der Waals surface area contributed by atoms with Crippen molar-refractivity contribution in [3.8, 4) is 0 Å². The third-order valence-electron chi connectivity index (χ3n) is 3.76. The van der Waals surface area contributed by atoms with Gasteiger partial charge in [-0.3, -0.25) is 0 Å². The van der Waals surface area contributed by atoms with Gasteiger partial charge in [0.2, 0.25) is 0 Å². The van der Waals surface area contributed by atoms with Crippen LogP contribution in [-0.4, -0.2) is 0 Å². The van der Waals surface area contributed by atoms with Crippen molar-refractivity contribution < 1.29 is 0 Å². The van der Waals surface area contributed by atoms with E-state index in [1.807, 2.05) is 0 Å². The van der Waals surface area contributed by atoms with Crippen LogP contribution in [0.15, 0.2) is 47.6 Å². The highest BCUT2D eigenvalue weighted by atomic mass is 14.0. The molecular formula is C24H44. The van der Waals surface area contributed by atoms with Gasteiger partial charge in [-0.15, -0.1) is 0 Å². The van der Waals surface area contributed by atoms with E-state index >= 15 is 0 Å². The second kappa shape index (κ2) is 18.3. The molecule has 0 spiro atoms. The maximum Gasteiger partial charge on any atom is -0.0222 e. The molecule has 0 aromatic rings. The van der Waals surface area contributed by atoms with Crippen molar-refractivity contribution in [1.29, 1.82) is 0 Å². The first-order valence-electron chi connectivity index (χ1n) is 10.2. The number of rotatable bonds is 10. The molecular weight excluding hydrogens is 288 g/mol. The first kappa shape index (κ1) is 25.2. The largest absolute Gasteiger partial charge is 0.0845 e. The van der Waals surface area contributed by atoms with Gasteiger partial charge in [-0.05, 0) is 48.7 Å². The van der Waals surface area contributed by atoms with E-state index in [4.69, 9.17) is 0 Å². The molecule has 0 aliphatic heterocycles. The summed E-state index contributed by atoms with van der Waals surface area (Å²) in [4.78, 5) is 0. The van der Waals surface area contributed by atoms with Gasteiger partial charge in [-0.25, -0.2) is 0 Å². The Morgan fingerprint density at radius 1 is 0.625 bits per heavy atom. The van der Waals surface area contributed by atoms with Crippen molar-refractivity contribution in [2.75, 3.05) is 0 Å². The van der Waals surface area contributed by atoms with Crippen LogP contribution >= 0.6 is 0 Å². The average Bonchev–Trinajstić information content (AvgIpc) is 2.55. The van der Waals surface area contributed by atoms with Gasteiger partial charge in [0.05, 0.1) is 0 Å². The second-order valence-electron chi connectivity index (χ2n) is 6.92. The molecule has 0 radical (unpaired) electrons. The number of hydrogen-bond acceptors (Lipinski definition) is 0. The Morgan fingerprint density at radius 2 is 0.958 bits per heavy atom. The van der Waals surface area contributed by atoms with Gasteiger partial charge in [-0.1, -0.05) is 105 Å². The molecule has 0 aromatic heterocycles. The van der Waals surface area contributed by atoms with Crippen molar-refractivity contribution in [3.63, 3.8) is 0 Å². The Balaban J connectivity index is 0. The van der Waals surface area contributed by atoms with Crippen LogP contribution in [0.1, 0.15) is 93.9 Å². The monoisotopic (exact) mass is 332 g/mol. The topological polar surface area (TPSA) is 0 Å². The van der Waals surface area contributed by atoms with E-state index in [1.165, 1.54) is 36.8 Å². The Labute approximate surface area is 153 Å². The SMILES string of the molecule is CCC=CC(=CCCC)C(C)C.CCC=CC(=CCCC)C(C)C. The van der Waals surface area contributed by atoms with Gasteiger partial charge in [-0.2, -0.15) is 0 Å². The fourth-order valence-electron chi connectivity index (χ4n) is 2.12. The number of allylic oxidation sites excluding steroid dienone is 8. The van der Waals surface area contributed by atoms with E-state index in [1.54, 1.807) is 0 Å². The lowest BCUT2D eigenvalue weighted by atomic mass is 10.0. The first-order chi connectivity index (χ1) is 11.4. The molecule has 0 fully saturated rings. The second-order valence-corrected chi connectivity index (χ2v) is 6.92. The summed E-state index contributed by atoms with van der Waals surface area (Å²) in [7, 11) is 0. The van der Waals surface area contributed by atoms with E-state index in [0.29, 0.717) is 11.8 Å². The summed E-state index contributed by atoms with van der Waals surface area (Å²) in [5, 5.41) is 0. The lowest BCUT2D eigenvalue weighted by molar-refractivity contribution is 0.778. The first-order valence-corrected chi connectivity index (χ1v) is 10.2. The van der Waals surface area contributed by atoms with Crippen molar-refractivity contribution in [1.82, 2.24) is 0 Å². The summed E-state index contributed by atoms with van der Waals surface area (Å²) in [6, 6.07) is 0. The van der Waals surface area contributed by atoms with Crippen molar-refractivity contribution in [3.05, 3.63) is 47.6 Å². The van der Waals surface area contributed by atoms with E-state index in [9.17, 15) is 0 Å². The van der Waals surface area contributed by atoms with Crippen LogP contribution in [0.4, 0.5) is 0 Å². The predicted octanol–water partition coefficient (Wildman–Crippen LogP) is 8.67. The van der Waals surface area contributed by atoms with Crippen LogP contribution in [0.2, 0.25) is 0 Å². The Kier molecular flexibility index (Phi) is 19.2. The molecule has 0 unspecified atom stereocenters. The molecule has 0 saturated carbocycles. The van der Waals surface area contributed by atoms with Crippen LogP contribution in [0.5, 0.6) is 0 Å². The van der Waals surface area contributed by atoms with Gasteiger partial charge in [0.15, 0.2) is 0 Å². The summed E-state index contributed by atoms with van der Waals surface area (Å²) in [5.41, 5.74) is 2.97. The van der Waals surface area contributed by atoms with Gasteiger partial charge in [0.25, 0.3) is 0 Å². The van der Waals surface area contributed by atoms with Gasteiger partial charge < -0.3 is 0 Å². The Hall–Kier alpha value is -1.04. The molecule has 0 N–H and O–H groups in total. The zero-order valence-electron chi connectivity index (χ0n) is 17.9. The summed E-state index contributed by atoms with van der Waals surface area (Å²) in [6.45, 7) is 17.8. The fraction of sp³-hybridized carbons (Fsp3) is 0.667. The summed E-state index contributed by atoms with van der Waals surface area (Å²) < 4.78 is 0. The number of hydrogen-bond donors (Lipinski definition) is 0. The summed E-state index contributed by atoms with van der Waals surface area (Å²) in [6.07, 6.45) is 20.9. The van der Waals surface area contributed by atoms with E-state index in [2.05, 4.69) is 91.8 Å². The molecule has 0 nitrogen and oxygen atoms in total. The highest BCUT2D eigenvalue weighted by Gasteiger charge is 1.97. The minimum absolute atomic E-state index is 0.666. The quantitative estimate of drug-likeness (QED) is 0.351. The zero-order valence-corrected chi connectivity index (χ0v) is 17.9. The third kappa shape index (κ3) is 15.8. The third-order valence-corrected chi connectivity index (χ3v) is 3.76. The molecule has 0 atom stereocenters. The van der Waals surface area contributed by atoms with Gasteiger partial charge in [0.1, 0.15) is 0 Å². The van der Waals surface area contributed by atoms with Gasteiger partial charge in [0, 0.05) is 0 Å². The van der Waals surface area contributed by atoms with Crippen LogP contribution in [0, 0.1) is 11.8 Å². The highest BCUT2D eigenvalue weighted by Crippen LogP contribution is 2.13. The van der Waals surface area contributed by atoms with E-state index < -0.39 is 0 Å². The standard InChI is InChI=1S/2C12H22/c2*1-5-7-9-12(11(3)4)10-8-6-2/h2*7,9-11H,5-6,8H2,1-4H3. The van der Waals surface area contributed by atoms with Crippen LogP contribution in [0.3, 0.4) is 0 Å². The smallest absolute Gasteiger partial charge is 0.0222 e. The van der Waals surface area contributed by atoms with E-state index in [-0.39, 0.29) is 0 Å². The van der Waals surface area contributed by atoms with Crippen molar-refractivity contribution >= 4 is 0 Å². The molecule has 0 saturated heterocycles. The molecule has 0 heterocycles. The van der Waals surface area contributed by atoms with Crippen molar-refractivity contribution in [2.45, 2.75) is 93.9 Å². The lowest BCUT2D eigenvalue weighted by Gasteiger charge is -2.05. The number of unbranched alkanes of at least 4 members (excludes halogenated alkanes) is 2. The Bertz CT molecular complexity index is 337.